The quantitative estimate of drug-likeness (QED) is 0.884. The Hall–Kier alpha value is -1.00. The second kappa shape index (κ2) is 4.94. The van der Waals surface area contributed by atoms with Crippen molar-refractivity contribution < 1.29 is 4.74 Å². The molecule has 0 spiro atoms. The van der Waals surface area contributed by atoms with Crippen LogP contribution in [0.4, 0.5) is 0 Å². The maximum atomic E-state index is 5.93. The summed E-state index contributed by atoms with van der Waals surface area (Å²) in [6.45, 7) is 2.38. The summed E-state index contributed by atoms with van der Waals surface area (Å²) in [5.74, 6) is 1.51. The molecule has 2 fully saturated rings. The maximum Gasteiger partial charge on any atom is 0.135 e. The van der Waals surface area contributed by atoms with Crippen LogP contribution >= 0.6 is 0 Å². The fourth-order valence-electron chi connectivity index (χ4n) is 2.97. The first-order valence-electron chi connectivity index (χ1n) is 6.95. The fourth-order valence-corrected chi connectivity index (χ4v) is 2.97. The van der Waals surface area contributed by atoms with Gasteiger partial charge < -0.3 is 10.5 Å². The van der Waals surface area contributed by atoms with Crippen molar-refractivity contribution in [1.82, 2.24) is 9.97 Å². The Labute approximate surface area is 108 Å². The summed E-state index contributed by atoms with van der Waals surface area (Å²) in [5, 5.41) is 0. The third kappa shape index (κ3) is 2.04. The van der Waals surface area contributed by atoms with Crippen LogP contribution < -0.4 is 5.73 Å². The lowest BCUT2D eigenvalue weighted by molar-refractivity contribution is 0.0842. The highest BCUT2D eigenvalue weighted by Gasteiger charge is 2.40. The molecule has 0 aromatic carbocycles. The summed E-state index contributed by atoms with van der Waals surface area (Å²) in [5.41, 5.74) is 7.18. The van der Waals surface area contributed by atoms with Gasteiger partial charge in [0.2, 0.25) is 0 Å². The van der Waals surface area contributed by atoms with E-state index in [4.69, 9.17) is 15.5 Å². The van der Waals surface area contributed by atoms with E-state index in [1.54, 1.807) is 0 Å². The SMILES string of the molecule is NCC1(c2nccc(C3CCOCC3)n2)CCC1. The predicted molar refractivity (Wildman–Crippen MR) is 69.4 cm³/mol. The molecule has 1 saturated heterocycles. The number of hydrogen-bond donors (Lipinski definition) is 1. The highest BCUT2D eigenvalue weighted by atomic mass is 16.5. The predicted octanol–water partition coefficient (Wildman–Crippen LogP) is 1.75. The van der Waals surface area contributed by atoms with E-state index in [-0.39, 0.29) is 5.41 Å². The van der Waals surface area contributed by atoms with E-state index in [2.05, 4.69) is 11.1 Å². The molecule has 2 heterocycles. The van der Waals surface area contributed by atoms with Crippen LogP contribution in [0.2, 0.25) is 0 Å². The Morgan fingerprint density at radius 3 is 2.72 bits per heavy atom. The molecule has 4 heteroatoms. The van der Waals surface area contributed by atoms with Gasteiger partial charge in [0.25, 0.3) is 0 Å². The van der Waals surface area contributed by atoms with E-state index in [0.717, 1.165) is 44.7 Å². The summed E-state index contributed by atoms with van der Waals surface area (Å²) in [7, 11) is 0. The summed E-state index contributed by atoms with van der Waals surface area (Å²) in [6, 6.07) is 2.06. The van der Waals surface area contributed by atoms with Crippen LogP contribution in [-0.2, 0) is 10.2 Å². The second-order valence-electron chi connectivity index (χ2n) is 5.53. The monoisotopic (exact) mass is 247 g/mol. The zero-order chi connectivity index (χ0) is 12.4. The summed E-state index contributed by atoms with van der Waals surface area (Å²) < 4.78 is 5.41. The smallest absolute Gasteiger partial charge is 0.135 e. The molecule has 2 N–H and O–H groups in total. The number of hydrogen-bond acceptors (Lipinski definition) is 4. The fraction of sp³-hybridized carbons (Fsp3) is 0.714. The summed E-state index contributed by atoms with van der Waals surface area (Å²) >= 11 is 0. The molecule has 1 aromatic heterocycles. The first-order chi connectivity index (χ1) is 8.84. The second-order valence-corrected chi connectivity index (χ2v) is 5.53. The lowest BCUT2D eigenvalue weighted by Gasteiger charge is -2.39. The molecule has 0 unspecified atom stereocenters. The molecular formula is C14H21N3O. The van der Waals surface area contributed by atoms with Gasteiger partial charge in [-0.25, -0.2) is 9.97 Å². The van der Waals surface area contributed by atoms with Gasteiger partial charge in [0, 0.05) is 43.0 Å². The van der Waals surface area contributed by atoms with E-state index >= 15 is 0 Å². The van der Waals surface area contributed by atoms with Crippen molar-refractivity contribution in [2.75, 3.05) is 19.8 Å². The van der Waals surface area contributed by atoms with Gasteiger partial charge >= 0.3 is 0 Å². The van der Waals surface area contributed by atoms with E-state index in [1.165, 1.54) is 12.1 Å². The molecule has 18 heavy (non-hydrogen) atoms. The Bertz CT molecular complexity index is 406. The molecule has 2 aliphatic rings. The third-order valence-electron chi connectivity index (χ3n) is 4.49. The van der Waals surface area contributed by atoms with Crippen molar-refractivity contribution in [2.45, 2.75) is 43.4 Å². The van der Waals surface area contributed by atoms with Crippen LogP contribution in [0.25, 0.3) is 0 Å². The number of rotatable bonds is 3. The molecule has 98 valence electrons. The average molecular weight is 247 g/mol. The van der Waals surface area contributed by atoms with Crippen LogP contribution in [0.5, 0.6) is 0 Å². The standard InChI is InChI=1S/C14H21N3O/c15-10-14(5-1-6-14)13-16-7-2-12(17-13)11-3-8-18-9-4-11/h2,7,11H,1,3-6,8-10,15H2. The number of ether oxygens (including phenoxy) is 1. The van der Waals surface area contributed by atoms with Crippen LogP contribution in [-0.4, -0.2) is 29.7 Å². The van der Waals surface area contributed by atoms with E-state index in [9.17, 15) is 0 Å². The lowest BCUT2D eigenvalue weighted by atomic mass is 9.68. The van der Waals surface area contributed by atoms with Crippen molar-refractivity contribution in [3.63, 3.8) is 0 Å². The van der Waals surface area contributed by atoms with Gasteiger partial charge in [-0.1, -0.05) is 6.42 Å². The molecule has 3 rings (SSSR count). The summed E-state index contributed by atoms with van der Waals surface area (Å²) in [4.78, 5) is 9.29. The van der Waals surface area contributed by atoms with Crippen molar-refractivity contribution >= 4 is 0 Å². The number of aromatic nitrogens is 2. The van der Waals surface area contributed by atoms with Gasteiger partial charge in [-0.3, -0.25) is 0 Å². The van der Waals surface area contributed by atoms with Crippen LogP contribution in [0.1, 0.15) is 49.5 Å². The highest BCUT2D eigenvalue weighted by molar-refractivity contribution is 5.18. The maximum absolute atomic E-state index is 5.93. The lowest BCUT2D eigenvalue weighted by Crippen LogP contribution is -2.43. The number of nitrogens with zero attached hydrogens (tertiary/aromatic N) is 2. The van der Waals surface area contributed by atoms with Crippen molar-refractivity contribution in [2.24, 2.45) is 5.73 Å². The molecule has 0 atom stereocenters. The van der Waals surface area contributed by atoms with Gasteiger partial charge in [-0.2, -0.15) is 0 Å². The molecule has 1 aliphatic heterocycles. The van der Waals surface area contributed by atoms with Gasteiger partial charge in [0.15, 0.2) is 0 Å². The van der Waals surface area contributed by atoms with Crippen LogP contribution in [0.15, 0.2) is 12.3 Å². The molecular weight excluding hydrogens is 226 g/mol. The first-order valence-corrected chi connectivity index (χ1v) is 6.95. The van der Waals surface area contributed by atoms with Gasteiger partial charge in [-0.05, 0) is 31.7 Å². The molecule has 1 aliphatic carbocycles. The Balaban J connectivity index is 1.84. The first kappa shape index (κ1) is 12.1. The number of nitrogens with two attached hydrogens (primary N) is 1. The minimum atomic E-state index is 0.0706. The van der Waals surface area contributed by atoms with Crippen molar-refractivity contribution in [3.8, 4) is 0 Å². The Morgan fingerprint density at radius 2 is 2.11 bits per heavy atom. The molecule has 4 nitrogen and oxygen atoms in total. The average Bonchev–Trinajstić information content (AvgIpc) is 2.40. The molecule has 1 aromatic rings. The van der Waals surface area contributed by atoms with Crippen LogP contribution in [0.3, 0.4) is 0 Å². The zero-order valence-corrected chi connectivity index (χ0v) is 10.8. The Morgan fingerprint density at radius 1 is 1.33 bits per heavy atom. The minimum Gasteiger partial charge on any atom is -0.381 e. The minimum absolute atomic E-state index is 0.0706. The van der Waals surface area contributed by atoms with Gasteiger partial charge in [0.1, 0.15) is 5.82 Å². The Kier molecular flexibility index (Phi) is 3.31. The van der Waals surface area contributed by atoms with E-state index in [0.29, 0.717) is 12.5 Å². The van der Waals surface area contributed by atoms with E-state index in [1.807, 2.05) is 6.20 Å². The molecule has 1 saturated carbocycles. The van der Waals surface area contributed by atoms with Gasteiger partial charge in [-0.15, -0.1) is 0 Å². The molecule has 0 bridgehead atoms. The van der Waals surface area contributed by atoms with Crippen molar-refractivity contribution in [1.29, 1.82) is 0 Å². The molecule has 0 radical (unpaired) electrons. The largest absolute Gasteiger partial charge is 0.381 e. The zero-order valence-electron chi connectivity index (χ0n) is 10.8. The normalized spacial score (nSPS) is 23.6. The topological polar surface area (TPSA) is 61.0 Å². The highest BCUT2D eigenvalue weighted by Crippen LogP contribution is 2.41. The van der Waals surface area contributed by atoms with Gasteiger partial charge in [0.05, 0.1) is 0 Å². The third-order valence-corrected chi connectivity index (χ3v) is 4.49. The molecule has 0 amide bonds. The summed E-state index contributed by atoms with van der Waals surface area (Å²) in [6.07, 6.45) is 7.59. The van der Waals surface area contributed by atoms with Crippen LogP contribution in [0, 0.1) is 0 Å². The van der Waals surface area contributed by atoms with Crippen molar-refractivity contribution in [3.05, 3.63) is 23.8 Å². The van der Waals surface area contributed by atoms with E-state index < -0.39 is 0 Å².